The van der Waals surface area contributed by atoms with Crippen molar-refractivity contribution in [1.29, 1.82) is 0 Å². The molecule has 0 amide bonds. The number of carbonyl (C=O) groups excluding carboxylic acids is 4. The van der Waals surface area contributed by atoms with E-state index in [1.807, 2.05) is 0 Å². The fourth-order valence-electron chi connectivity index (χ4n) is 3.45. The number of hydrogen-bond acceptors (Lipinski definition) is 11. The van der Waals surface area contributed by atoms with Gasteiger partial charge < -0.3 is 23.7 Å². The highest BCUT2D eigenvalue weighted by Gasteiger charge is 2.52. The normalized spacial score (nSPS) is 23.0. The summed E-state index contributed by atoms with van der Waals surface area (Å²) >= 11 is 0.906. The third-order valence-corrected chi connectivity index (χ3v) is 5.71. The van der Waals surface area contributed by atoms with Crippen molar-refractivity contribution in [2.45, 2.75) is 58.0 Å². The summed E-state index contributed by atoms with van der Waals surface area (Å²) in [6, 6.07) is 6.33. The number of thioether (sulfide) groups is 1. The van der Waals surface area contributed by atoms with Crippen LogP contribution in [-0.2, 0) is 44.6 Å². The Bertz CT molecular complexity index is 1030. The molecule has 1 heterocycles. The van der Waals surface area contributed by atoms with Crippen molar-refractivity contribution >= 4 is 34.8 Å². The molecule has 1 saturated heterocycles. The molecule has 13 heteroatoms. The molecule has 1 aliphatic heterocycles. The second-order valence-electron chi connectivity index (χ2n) is 7.53. The topological polar surface area (TPSA) is 163 Å². The number of rotatable bonds is 11. The zero-order valence-electron chi connectivity index (χ0n) is 20.0. The third-order valence-electron chi connectivity index (χ3n) is 4.81. The molecule has 2 rings (SSSR count). The van der Waals surface area contributed by atoms with Gasteiger partial charge in [0.2, 0.25) is 0 Å². The number of carbonyl (C=O) groups is 4. The number of azide groups is 1. The Morgan fingerprint density at radius 3 is 2.36 bits per heavy atom. The van der Waals surface area contributed by atoms with Crippen molar-refractivity contribution in [3.05, 3.63) is 58.5 Å². The average Bonchev–Trinajstić information content (AvgIpc) is 2.82. The van der Waals surface area contributed by atoms with E-state index in [4.69, 9.17) is 29.2 Å². The summed E-state index contributed by atoms with van der Waals surface area (Å²) in [5, 5.41) is 3.27. The molecule has 0 unspecified atom stereocenters. The Hall–Kier alpha value is -3.38. The number of hydrogen-bond donors (Lipinski definition) is 0. The van der Waals surface area contributed by atoms with Gasteiger partial charge in [0, 0.05) is 31.4 Å². The second-order valence-corrected chi connectivity index (χ2v) is 8.73. The molecule has 0 N–H and O–H groups in total. The Balaban J connectivity index is 2.49. The van der Waals surface area contributed by atoms with Crippen molar-refractivity contribution < 1.29 is 42.9 Å². The molecule has 1 aliphatic rings. The maximum atomic E-state index is 13.2. The Morgan fingerprint density at radius 2 is 1.75 bits per heavy atom. The number of nitrogens with zero attached hydrogens (tertiary/aromatic N) is 3. The van der Waals surface area contributed by atoms with Crippen molar-refractivity contribution in [3.8, 4) is 0 Å². The van der Waals surface area contributed by atoms with E-state index in [2.05, 4.69) is 16.6 Å². The van der Waals surface area contributed by atoms with Gasteiger partial charge in [0.05, 0.1) is 18.7 Å². The minimum Gasteiger partial charge on any atom is -0.454 e. The molecule has 1 aromatic rings. The molecule has 5 atom stereocenters. The molecule has 0 bridgehead atoms. The summed E-state index contributed by atoms with van der Waals surface area (Å²) in [5.41, 5.74) is 9.16. The molecular formula is C23H27N3O9S. The summed E-state index contributed by atoms with van der Waals surface area (Å²) in [7, 11) is 0. The van der Waals surface area contributed by atoms with Crippen molar-refractivity contribution in [2.75, 3.05) is 12.4 Å². The van der Waals surface area contributed by atoms with Gasteiger partial charge in [0.15, 0.2) is 29.7 Å². The van der Waals surface area contributed by atoms with Crippen LogP contribution in [0.25, 0.3) is 10.4 Å². The van der Waals surface area contributed by atoms with Gasteiger partial charge in [0.25, 0.3) is 0 Å². The van der Waals surface area contributed by atoms with Gasteiger partial charge >= 0.3 is 17.9 Å². The first-order valence-electron chi connectivity index (χ1n) is 10.8. The van der Waals surface area contributed by atoms with E-state index in [0.717, 1.165) is 25.6 Å². The lowest BCUT2D eigenvalue weighted by molar-refractivity contribution is -0.294. The predicted octanol–water partition coefficient (Wildman–Crippen LogP) is 3.09. The molecule has 12 nitrogen and oxygen atoms in total. The lowest BCUT2D eigenvalue weighted by Gasteiger charge is -2.44. The highest BCUT2D eigenvalue weighted by Crippen LogP contribution is 2.32. The van der Waals surface area contributed by atoms with Gasteiger partial charge in [-0.3, -0.25) is 14.4 Å². The summed E-state index contributed by atoms with van der Waals surface area (Å²) in [6.07, 6.45) is -4.64. The summed E-state index contributed by atoms with van der Waals surface area (Å²) < 4.78 is 28.1. The third kappa shape index (κ3) is 8.38. The maximum absolute atomic E-state index is 13.2. The quantitative estimate of drug-likeness (QED) is 0.106. The zero-order chi connectivity index (χ0) is 26.7. The standard InChI is InChI=1S/C23H27N3O9S/c1-5-10-31-23-21(33-14(3)28)20(32-13(2)27)19(18(34-23)12-36-15(4)29)35-22(30)17-9-7-6-8-16(17)11-25-26-24/h5-9,18-21,23H,1,10-12H2,2-4H3/t18-,19-,20+,21-,23+/m1/s1. The molecule has 1 fully saturated rings. The van der Waals surface area contributed by atoms with Crippen LogP contribution in [0.2, 0.25) is 0 Å². The number of benzene rings is 1. The first-order valence-corrected chi connectivity index (χ1v) is 11.8. The van der Waals surface area contributed by atoms with Crippen LogP contribution in [0.5, 0.6) is 0 Å². The summed E-state index contributed by atoms with van der Waals surface area (Å²) in [5.74, 6) is -2.25. The van der Waals surface area contributed by atoms with Crippen LogP contribution >= 0.6 is 11.8 Å². The van der Waals surface area contributed by atoms with Crippen LogP contribution in [0.15, 0.2) is 42.0 Å². The fourth-order valence-corrected chi connectivity index (χ4v) is 4.11. The Kier molecular flexibility index (Phi) is 11.4. The summed E-state index contributed by atoms with van der Waals surface area (Å²) in [6.45, 7) is 7.14. The van der Waals surface area contributed by atoms with E-state index < -0.39 is 48.6 Å². The zero-order valence-corrected chi connectivity index (χ0v) is 20.8. The Labute approximate surface area is 211 Å². The van der Waals surface area contributed by atoms with Crippen LogP contribution < -0.4 is 0 Å². The van der Waals surface area contributed by atoms with Gasteiger partial charge in [-0.15, -0.1) is 6.58 Å². The molecule has 0 aliphatic carbocycles. The van der Waals surface area contributed by atoms with Gasteiger partial charge in [-0.25, -0.2) is 4.79 Å². The van der Waals surface area contributed by atoms with E-state index in [9.17, 15) is 19.2 Å². The first-order chi connectivity index (χ1) is 17.2. The minimum absolute atomic E-state index is 0.0129. The maximum Gasteiger partial charge on any atom is 0.338 e. The Morgan fingerprint density at radius 1 is 1.08 bits per heavy atom. The smallest absolute Gasteiger partial charge is 0.338 e. The monoisotopic (exact) mass is 521 g/mol. The predicted molar refractivity (Wildman–Crippen MR) is 128 cm³/mol. The van der Waals surface area contributed by atoms with E-state index in [-0.39, 0.29) is 29.6 Å². The largest absolute Gasteiger partial charge is 0.454 e. The van der Waals surface area contributed by atoms with Crippen LogP contribution in [0, 0.1) is 0 Å². The van der Waals surface area contributed by atoms with Crippen LogP contribution in [0.3, 0.4) is 0 Å². The van der Waals surface area contributed by atoms with Crippen LogP contribution in [0.1, 0.15) is 36.7 Å². The van der Waals surface area contributed by atoms with E-state index in [0.29, 0.717) is 5.56 Å². The lowest BCUT2D eigenvalue weighted by atomic mass is 9.98. The molecule has 0 spiro atoms. The lowest BCUT2D eigenvalue weighted by Crippen LogP contribution is -2.62. The summed E-state index contributed by atoms with van der Waals surface area (Å²) in [4.78, 5) is 51.5. The number of esters is 3. The van der Waals surface area contributed by atoms with E-state index in [1.54, 1.807) is 18.2 Å². The van der Waals surface area contributed by atoms with Gasteiger partial charge in [-0.1, -0.05) is 41.2 Å². The molecule has 1 aromatic carbocycles. The van der Waals surface area contributed by atoms with Crippen molar-refractivity contribution in [1.82, 2.24) is 0 Å². The average molecular weight is 522 g/mol. The van der Waals surface area contributed by atoms with Crippen LogP contribution in [-0.4, -0.2) is 66.1 Å². The van der Waals surface area contributed by atoms with Crippen molar-refractivity contribution in [2.24, 2.45) is 5.11 Å². The molecule has 0 aromatic heterocycles. The van der Waals surface area contributed by atoms with E-state index in [1.165, 1.54) is 19.1 Å². The van der Waals surface area contributed by atoms with E-state index >= 15 is 0 Å². The van der Waals surface area contributed by atoms with Gasteiger partial charge in [0.1, 0.15) is 6.10 Å². The van der Waals surface area contributed by atoms with Crippen LogP contribution in [0.4, 0.5) is 0 Å². The van der Waals surface area contributed by atoms with Crippen molar-refractivity contribution in [3.63, 3.8) is 0 Å². The number of ether oxygens (including phenoxy) is 5. The minimum atomic E-state index is -1.32. The first kappa shape index (κ1) is 28.9. The second kappa shape index (κ2) is 14.2. The molecule has 194 valence electrons. The fraction of sp³-hybridized carbons (Fsp3) is 0.478. The highest BCUT2D eigenvalue weighted by atomic mass is 32.2. The molecule has 0 radical (unpaired) electrons. The molecule has 36 heavy (non-hydrogen) atoms. The molecule has 0 saturated carbocycles. The molecular weight excluding hydrogens is 494 g/mol. The SMILES string of the molecule is C=CCO[C@H]1O[C@H](CSC(C)=O)[C@@H](OC(=O)c2ccccc2CN=[N+]=[N-])[C@H](OC(C)=O)[C@H]1OC(C)=O. The highest BCUT2D eigenvalue weighted by molar-refractivity contribution is 8.13. The van der Waals surface area contributed by atoms with Gasteiger partial charge in [-0.05, 0) is 17.2 Å². The van der Waals surface area contributed by atoms with Gasteiger partial charge in [-0.2, -0.15) is 0 Å².